The largest absolute Gasteiger partial charge is 0.385 e. The number of nitrogens with one attached hydrogen (secondary N) is 1. The van der Waals surface area contributed by atoms with Crippen LogP contribution in [-0.4, -0.2) is 16.7 Å². The zero-order valence-corrected chi connectivity index (χ0v) is 12.0. The molecule has 1 aromatic carbocycles. The second-order valence-electron chi connectivity index (χ2n) is 4.52. The molecule has 20 heavy (non-hydrogen) atoms. The summed E-state index contributed by atoms with van der Waals surface area (Å²) in [5, 5.41) is 11.5. The first-order valence-electron chi connectivity index (χ1n) is 6.47. The number of benzene rings is 1. The summed E-state index contributed by atoms with van der Waals surface area (Å²) >= 11 is 1.65. The van der Waals surface area contributed by atoms with E-state index in [0.29, 0.717) is 18.1 Å². The van der Waals surface area contributed by atoms with Gasteiger partial charge in [0.05, 0.1) is 0 Å². The second-order valence-corrected chi connectivity index (χ2v) is 5.27. The van der Waals surface area contributed by atoms with Gasteiger partial charge in [0, 0.05) is 29.6 Å². The highest BCUT2D eigenvalue weighted by Crippen LogP contribution is 2.24. The summed E-state index contributed by atoms with van der Waals surface area (Å²) in [5.41, 5.74) is 3.34. The summed E-state index contributed by atoms with van der Waals surface area (Å²) in [7, 11) is 0. The molecule has 0 unspecified atom stereocenters. The van der Waals surface area contributed by atoms with E-state index in [-0.39, 0.29) is 0 Å². The Bertz CT molecular complexity index is 675. The fraction of sp³-hybridized carbons (Fsp3) is 0.200. The van der Waals surface area contributed by atoms with Crippen LogP contribution in [0.4, 0.5) is 5.69 Å². The van der Waals surface area contributed by atoms with Crippen molar-refractivity contribution in [3.63, 3.8) is 0 Å². The van der Waals surface area contributed by atoms with Crippen LogP contribution in [0.5, 0.6) is 0 Å². The molecule has 0 radical (unpaired) electrons. The Labute approximate surface area is 121 Å². The zero-order valence-electron chi connectivity index (χ0n) is 11.2. The summed E-state index contributed by atoms with van der Waals surface area (Å²) in [4.78, 5) is 4.43. The molecule has 3 rings (SSSR count). The van der Waals surface area contributed by atoms with E-state index in [1.807, 2.05) is 35.7 Å². The average Bonchev–Trinajstić information content (AvgIpc) is 3.09. The first-order chi connectivity index (χ1) is 9.83. The van der Waals surface area contributed by atoms with Crippen molar-refractivity contribution in [2.45, 2.75) is 13.3 Å². The van der Waals surface area contributed by atoms with Crippen molar-refractivity contribution in [2.24, 2.45) is 0 Å². The van der Waals surface area contributed by atoms with Crippen LogP contribution in [0.25, 0.3) is 11.4 Å². The number of thiophene rings is 1. The summed E-state index contributed by atoms with van der Waals surface area (Å²) in [5.74, 6) is 1.34. The van der Waals surface area contributed by atoms with Gasteiger partial charge in [-0.25, -0.2) is 0 Å². The molecule has 5 heteroatoms. The van der Waals surface area contributed by atoms with E-state index in [0.717, 1.165) is 17.8 Å². The summed E-state index contributed by atoms with van der Waals surface area (Å²) < 4.78 is 5.28. The topological polar surface area (TPSA) is 51.0 Å². The maximum absolute atomic E-state index is 5.28. The van der Waals surface area contributed by atoms with Crippen molar-refractivity contribution in [3.05, 3.63) is 52.5 Å². The Balaban J connectivity index is 1.59. The van der Waals surface area contributed by atoms with E-state index in [1.54, 1.807) is 11.3 Å². The van der Waals surface area contributed by atoms with Gasteiger partial charge in [-0.2, -0.15) is 16.3 Å². The predicted octanol–water partition coefficient (Wildman–Crippen LogP) is 3.76. The number of nitrogens with zero attached hydrogens (tertiary/aromatic N) is 2. The Morgan fingerprint density at radius 1 is 1.20 bits per heavy atom. The van der Waals surface area contributed by atoms with Crippen molar-refractivity contribution in [3.8, 4) is 11.4 Å². The highest BCUT2D eigenvalue weighted by molar-refractivity contribution is 7.08. The molecule has 0 aliphatic rings. The van der Waals surface area contributed by atoms with Crippen LogP contribution in [0, 0.1) is 6.92 Å². The maximum atomic E-state index is 5.28. The van der Waals surface area contributed by atoms with Crippen LogP contribution >= 0.6 is 11.3 Å². The molecule has 0 aliphatic carbocycles. The molecular formula is C15H15N3OS. The van der Waals surface area contributed by atoms with E-state index in [4.69, 9.17) is 4.52 Å². The first kappa shape index (κ1) is 12.9. The van der Waals surface area contributed by atoms with Crippen LogP contribution in [-0.2, 0) is 6.42 Å². The molecule has 0 aliphatic heterocycles. The van der Waals surface area contributed by atoms with Gasteiger partial charge in [0.2, 0.25) is 11.7 Å². The molecule has 0 bridgehead atoms. The van der Waals surface area contributed by atoms with Gasteiger partial charge in [-0.05, 0) is 30.0 Å². The SMILES string of the molecule is Cc1cscc1-c1noc(CCNc2ccccc2)n1. The number of hydrogen-bond acceptors (Lipinski definition) is 5. The molecule has 0 saturated carbocycles. The maximum Gasteiger partial charge on any atom is 0.228 e. The Morgan fingerprint density at radius 3 is 2.80 bits per heavy atom. The van der Waals surface area contributed by atoms with Crippen molar-refractivity contribution in [2.75, 3.05) is 11.9 Å². The average molecular weight is 285 g/mol. The van der Waals surface area contributed by atoms with Crippen molar-refractivity contribution in [1.82, 2.24) is 10.1 Å². The molecule has 102 valence electrons. The summed E-state index contributed by atoms with van der Waals surface area (Å²) in [6.45, 7) is 2.83. The van der Waals surface area contributed by atoms with Gasteiger partial charge in [-0.15, -0.1) is 0 Å². The molecule has 1 N–H and O–H groups in total. The first-order valence-corrected chi connectivity index (χ1v) is 7.42. The van der Waals surface area contributed by atoms with Gasteiger partial charge in [0.15, 0.2) is 0 Å². The standard InChI is InChI=1S/C15H15N3OS/c1-11-9-20-10-13(11)15-17-14(19-18-15)7-8-16-12-5-3-2-4-6-12/h2-6,9-10,16H,7-8H2,1H3. The van der Waals surface area contributed by atoms with Gasteiger partial charge in [-0.3, -0.25) is 0 Å². The molecule has 0 atom stereocenters. The third kappa shape index (κ3) is 2.88. The third-order valence-electron chi connectivity index (χ3n) is 3.01. The fourth-order valence-electron chi connectivity index (χ4n) is 1.93. The van der Waals surface area contributed by atoms with Crippen molar-refractivity contribution >= 4 is 17.0 Å². The molecule has 3 aromatic rings. The van der Waals surface area contributed by atoms with E-state index in [2.05, 4.69) is 27.8 Å². The monoisotopic (exact) mass is 285 g/mol. The van der Waals surface area contributed by atoms with Crippen LogP contribution in [0.2, 0.25) is 0 Å². The number of aryl methyl sites for hydroxylation is 1. The van der Waals surface area contributed by atoms with Crippen molar-refractivity contribution in [1.29, 1.82) is 0 Å². The smallest absolute Gasteiger partial charge is 0.228 e. The van der Waals surface area contributed by atoms with Gasteiger partial charge in [0.1, 0.15) is 0 Å². The van der Waals surface area contributed by atoms with Crippen LogP contribution in [0.15, 0.2) is 45.6 Å². The zero-order chi connectivity index (χ0) is 13.8. The number of para-hydroxylation sites is 1. The van der Waals surface area contributed by atoms with Gasteiger partial charge in [0.25, 0.3) is 0 Å². The lowest BCUT2D eigenvalue weighted by Gasteiger charge is -2.02. The van der Waals surface area contributed by atoms with Crippen LogP contribution in [0.1, 0.15) is 11.5 Å². The molecule has 0 spiro atoms. The lowest BCUT2D eigenvalue weighted by molar-refractivity contribution is 0.381. The molecule has 0 fully saturated rings. The van der Waals surface area contributed by atoms with Crippen LogP contribution < -0.4 is 5.32 Å². The lowest BCUT2D eigenvalue weighted by Crippen LogP contribution is -2.04. The molecule has 4 nitrogen and oxygen atoms in total. The second kappa shape index (κ2) is 5.88. The molecule has 2 heterocycles. The Kier molecular flexibility index (Phi) is 3.78. The summed E-state index contributed by atoms with van der Waals surface area (Å²) in [6.07, 6.45) is 0.713. The van der Waals surface area contributed by atoms with E-state index in [9.17, 15) is 0 Å². The van der Waals surface area contributed by atoms with Crippen molar-refractivity contribution < 1.29 is 4.52 Å². The van der Waals surface area contributed by atoms with Gasteiger partial charge < -0.3 is 9.84 Å². The normalized spacial score (nSPS) is 10.7. The quantitative estimate of drug-likeness (QED) is 0.775. The van der Waals surface area contributed by atoms with E-state index < -0.39 is 0 Å². The lowest BCUT2D eigenvalue weighted by atomic mass is 10.2. The highest BCUT2D eigenvalue weighted by Gasteiger charge is 2.11. The molecule has 2 aromatic heterocycles. The predicted molar refractivity (Wildman–Crippen MR) is 81.0 cm³/mol. The highest BCUT2D eigenvalue weighted by atomic mass is 32.1. The van der Waals surface area contributed by atoms with E-state index >= 15 is 0 Å². The number of rotatable bonds is 5. The van der Waals surface area contributed by atoms with Gasteiger partial charge in [-0.1, -0.05) is 23.4 Å². The van der Waals surface area contributed by atoms with E-state index in [1.165, 1.54) is 5.56 Å². The number of hydrogen-bond donors (Lipinski definition) is 1. The van der Waals surface area contributed by atoms with Crippen LogP contribution in [0.3, 0.4) is 0 Å². The fourth-order valence-corrected chi connectivity index (χ4v) is 2.75. The Morgan fingerprint density at radius 2 is 2.05 bits per heavy atom. The minimum atomic E-state index is 0.661. The van der Waals surface area contributed by atoms with Gasteiger partial charge >= 0.3 is 0 Å². The summed E-state index contributed by atoms with van der Waals surface area (Å²) in [6, 6.07) is 10.1. The third-order valence-corrected chi connectivity index (χ3v) is 3.87. The molecular weight excluding hydrogens is 270 g/mol. The number of anilines is 1. The molecule has 0 saturated heterocycles. The Hall–Kier alpha value is -2.14. The minimum absolute atomic E-state index is 0.661. The minimum Gasteiger partial charge on any atom is -0.385 e. The molecule has 0 amide bonds. The number of aromatic nitrogens is 2.